The summed E-state index contributed by atoms with van der Waals surface area (Å²) in [7, 11) is 0. The molecule has 0 aliphatic rings. The SMILES string of the molecule is Oc1cc(Oc2cccc(-c3ccc(OCc4ccccc4)cc3)n2)ccc1F. The van der Waals surface area contributed by atoms with Crippen LogP contribution >= 0.6 is 0 Å². The molecule has 4 rings (SSSR count). The van der Waals surface area contributed by atoms with Crippen molar-refractivity contribution in [2.45, 2.75) is 6.61 Å². The molecule has 0 atom stereocenters. The summed E-state index contributed by atoms with van der Waals surface area (Å²) in [6.07, 6.45) is 0. The van der Waals surface area contributed by atoms with Gasteiger partial charge in [-0.25, -0.2) is 9.37 Å². The lowest BCUT2D eigenvalue weighted by Gasteiger charge is -2.09. The number of hydrogen-bond acceptors (Lipinski definition) is 4. The first-order chi connectivity index (χ1) is 14.2. The van der Waals surface area contributed by atoms with E-state index in [2.05, 4.69) is 4.98 Å². The maximum atomic E-state index is 13.2. The molecule has 0 amide bonds. The number of ether oxygens (including phenoxy) is 2. The van der Waals surface area contributed by atoms with Crippen molar-refractivity contribution in [2.75, 3.05) is 0 Å². The molecule has 0 aliphatic carbocycles. The Morgan fingerprint density at radius 3 is 2.31 bits per heavy atom. The van der Waals surface area contributed by atoms with Gasteiger partial charge in [0.25, 0.3) is 0 Å². The molecule has 1 aromatic heterocycles. The predicted octanol–water partition coefficient (Wildman–Crippen LogP) is 5.96. The summed E-state index contributed by atoms with van der Waals surface area (Å²) in [4.78, 5) is 4.48. The summed E-state index contributed by atoms with van der Waals surface area (Å²) in [6.45, 7) is 0.506. The first-order valence-corrected chi connectivity index (χ1v) is 9.08. The Kier molecular flexibility index (Phi) is 5.38. The number of nitrogens with zero attached hydrogens (tertiary/aromatic N) is 1. The van der Waals surface area contributed by atoms with E-state index in [4.69, 9.17) is 9.47 Å². The molecule has 1 N–H and O–H groups in total. The molecule has 0 saturated heterocycles. The number of hydrogen-bond donors (Lipinski definition) is 1. The van der Waals surface area contributed by atoms with Crippen LogP contribution in [0.4, 0.5) is 4.39 Å². The van der Waals surface area contributed by atoms with Gasteiger partial charge in [0.1, 0.15) is 18.1 Å². The number of phenols is 1. The maximum Gasteiger partial charge on any atom is 0.219 e. The monoisotopic (exact) mass is 387 g/mol. The van der Waals surface area contributed by atoms with Crippen molar-refractivity contribution >= 4 is 0 Å². The van der Waals surface area contributed by atoms with Crippen molar-refractivity contribution in [3.63, 3.8) is 0 Å². The van der Waals surface area contributed by atoms with E-state index in [1.807, 2.05) is 66.7 Å². The van der Waals surface area contributed by atoms with E-state index in [0.717, 1.165) is 28.6 Å². The molecule has 3 aromatic carbocycles. The summed E-state index contributed by atoms with van der Waals surface area (Å²) in [5.74, 6) is 0.251. The van der Waals surface area contributed by atoms with Gasteiger partial charge in [0.2, 0.25) is 5.88 Å². The molecular formula is C24H18FNO3. The summed E-state index contributed by atoms with van der Waals surface area (Å²) in [6, 6.07) is 26.8. The standard InChI is InChI=1S/C24H18FNO3/c25-21-14-13-20(15-23(21)27)29-24-8-4-7-22(26-24)18-9-11-19(12-10-18)28-16-17-5-2-1-3-6-17/h1-15,27H,16H2. The van der Waals surface area contributed by atoms with Gasteiger partial charge in [-0.15, -0.1) is 0 Å². The van der Waals surface area contributed by atoms with Gasteiger partial charge in [-0.3, -0.25) is 0 Å². The third-order valence-corrected chi connectivity index (χ3v) is 4.26. The second-order valence-electron chi connectivity index (χ2n) is 6.37. The van der Waals surface area contributed by atoms with E-state index in [1.165, 1.54) is 12.1 Å². The number of benzene rings is 3. The predicted molar refractivity (Wildman–Crippen MR) is 109 cm³/mol. The number of rotatable bonds is 6. The maximum absolute atomic E-state index is 13.2. The minimum Gasteiger partial charge on any atom is -0.505 e. The second-order valence-corrected chi connectivity index (χ2v) is 6.37. The number of pyridine rings is 1. The Hall–Kier alpha value is -3.86. The quantitative estimate of drug-likeness (QED) is 0.443. The minimum absolute atomic E-state index is 0.304. The topological polar surface area (TPSA) is 51.6 Å². The lowest BCUT2D eigenvalue weighted by atomic mass is 10.1. The van der Waals surface area contributed by atoms with Crippen LogP contribution in [0.5, 0.6) is 23.1 Å². The molecule has 0 fully saturated rings. The molecule has 5 heteroatoms. The summed E-state index contributed by atoms with van der Waals surface area (Å²) >= 11 is 0. The van der Waals surface area contributed by atoms with E-state index in [9.17, 15) is 9.50 Å². The fourth-order valence-corrected chi connectivity index (χ4v) is 2.77. The van der Waals surface area contributed by atoms with Crippen LogP contribution in [-0.2, 0) is 6.61 Å². The molecule has 4 aromatic rings. The zero-order valence-corrected chi connectivity index (χ0v) is 15.5. The van der Waals surface area contributed by atoms with Crippen molar-refractivity contribution in [3.05, 3.63) is 102 Å². The van der Waals surface area contributed by atoms with Gasteiger partial charge in [0.05, 0.1) is 5.69 Å². The van der Waals surface area contributed by atoms with Gasteiger partial charge < -0.3 is 14.6 Å². The van der Waals surface area contributed by atoms with Crippen LogP contribution < -0.4 is 9.47 Å². The van der Waals surface area contributed by atoms with Crippen molar-refractivity contribution in [1.29, 1.82) is 0 Å². The van der Waals surface area contributed by atoms with E-state index in [1.54, 1.807) is 6.07 Å². The Morgan fingerprint density at radius 1 is 0.793 bits per heavy atom. The number of halogens is 1. The Morgan fingerprint density at radius 2 is 1.55 bits per heavy atom. The Labute approximate surface area is 167 Å². The second kappa shape index (κ2) is 8.44. The normalized spacial score (nSPS) is 10.5. The average molecular weight is 387 g/mol. The summed E-state index contributed by atoms with van der Waals surface area (Å²) in [5.41, 5.74) is 2.74. The van der Waals surface area contributed by atoms with E-state index in [-0.39, 0.29) is 0 Å². The molecule has 4 nitrogen and oxygen atoms in total. The number of aromatic hydroxyl groups is 1. The van der Waals surface area contributed by atoms with Crippen LogP contribution in [0.15, 0.2) is 91.0 Å². The third-order valence-electron chi connectivity index (χ3n) is 4.26. The molecule has 144 valence electrons. The lowest BCUT2D eigenvalue weighted by molar-refractivity contribution is 0.306. The van der Waals surface area contributed by atoms with E-state index < -0.39 is 11.6 Å². The fraction of sp³-hybridized carbons (Fsp3) is 0.0417. The van der Waals surface area contributed by atoms with Crippen LogP contribution in [-0.4, -0.2) is 10.1 Å². The highest BCUT2D eigenvalue weighted by atomic mass is 19.1. The Balaban J connectivity index is 1.45. The van der Waals surface area contributed by atoms with Crippen LogP contribution in [0, 0.1) is 5.82 Å². The van der Waals surface area contributed by atoms with Gasteiger partial charge in [-0.05, 0) is 48.0 Å². The highest BCUT2D eigenvalue weighted by molar-refractivity contribution is 5.60. The molecule has 29 heavy (non-hydrogen) atoms. The molecule has 0 unspecified atom stereocenters. The van der Waals surface area contributed by atoms with Crippen LogP contribution in [0.3, 0.4) is 0 Å². The van der Waals surface area contributed by atoms with Crippen molar-refractivity contribution < 1.29 is 19.0 Å². The zero-order valence-electron chi connectivity index (χ0n) is 15.5. The molecule has 0 spiro atoms. The molecule has 0 aliphatic heterocycles. The van der Waals surface area contributed by atoms with Gasteiger partial charge in [0.15, 0.2) is 11.6 Å². The number of phenolic OH excluding ortho intramolecular Hbond substituents is 1. The Bertz CT molecular complexity index is 1100. The van der Waals surface area contributed by atoms with Crippen molar-refractivity contribution in [3.8, 4) is 34.4 Å². The molecule has 0 radical (unpaired) electrons. The highest BCUT2D eigenvalue weighted by Gasteiger charge is 2.07. The lowest BCUT2D eigenvalue weighted by Crippen LogP contribution is -1.95. The molecular weight excluding hydrogens is 369 g/mol. The number of aromatic nitrogens is 1. The van der Waals surface area contributed by atoms with Crippen LogP contribution in [0.25, 0.3) is 11.3 Å². The zero-order chi connectivity index (χ0) is 20.1. The van der Waals surface area contributed by atoms with Gasteiger partial charge in [0, 0.05) is 17.7 Å². The summed E-state index contributed by atoms with van der Waals surface area (Å²) in [5, 5.41) is 9.47. The first kappa shape index (κ1) is 18.5. The molecule has 1 heterocycles. The van der Waals surface area contributed by atoms with E-state index in [0.29, 0.717) is 18.2 Å². The molecule has 0 saturated carbocycles. The first-order valence-electron chi connectivity index (χ1n) is 9.08. The smallest absolute Gasteiger partial charge is 0.219 e. The third kappa shape index (κ3) is 4.71. The van der Waals surface area contributed by atoms with Gasteiger partial charge in [-0.1, -0.05) is 36.4 Å². The average Bonchev–Trinajstić information content (AvgIpc) is 2.76. The van der Waals surface area contributed by atoms with Crippen molar-refractivity contribution in [2.24, 2.45) is 0 Å². The largest absolute Gasteiger partial charge is 0.505 e. The van der Waals surface area contributed by atoms with Gasteiger partial charge >= 0.3 is 0 Å². The van der Waals surface area contributed by atoms with Crippen LogP contribution in [0.2, 0.25) is 0 Å². The molecule has 0 bridgehead atoms. The van der Waals surface area contributed by atoms with Crippen molar-refractivity contribution in [1.82, 2.24) is 4.98 Å². The van der Waals surface area contributed by atoms with E-state index >= 15 is 0 Å². The fourth-order valence-electron chi connectivity index (χ4n) is 2.77. The van der Waals surface area contributed by atoms with Gasteiger partial charge in [-0.2, -0.15) is 0 Å². The summed E-state index contributed by atoms with van der Waals surface area (Å²) < 4.78 is 24.6. The highest BCUT2D eigenvalue weighted by Crippen LogP contribution is 2.28. The minimum atomic E-state index is -0.700. The van der Waals surface area contributed by atoms with Crippen LogP contribution in [0.1, 0.15) is 5.56 Å².